The van der Waals surface area contributed by atoms with Gasteiger partial charge in [-0.25, -0.2) is 0 Å². The first-order chi connectivity index (χ1) is 9.63. The summed E-state index contributed by atoms with van der Waals surface area (Å²) < 4.78 is 5.44. The fraction of sp³-hybridized carbons (Fsp3) is 0.375. The van der Waals surface area contributed by atoms with Gasteiger partial charge in [0.15, 0.2) is 0 Å². The predicted octanol–water partition coefficient (Wildman–Crippen LogP) is 2.61. The zero-order valence-corrected chi connectivity index (χ0v) is 12.5. The first-order valence-electron chi connectivity index (χ1n) is 6.73. The van der Waals surface area contributed by atoms with Crippen molar-refractivity contribution in [2.24, 2.45) is 0 Å². The molecule has 0 fully saturated rings. The van der Waals surface area contributed by atoms with Gasteiger partial charge in [-0.1, -0.05) is 17.7 Å². The molecule has 1 atom stereocenters. The van der Waals surface area contributed by atoms with Gasteiger partial charge in [0, 0.05) is 6.20 Å². The third-order valence-electron chi connectivity index (χ3n) is 3.37. The highest BCUT2D eigenvalue weighted by molar-refractivity contribution is 5.37. The van der Waals surface area contributed by atoms with Crippen LogP contribution in [0.4, 0.5) is 0 Å². The number of aryl methyl sites for hydroxylation is 2. The van der Waals surface area contributed by atoms with Gasteiger partial charge in [-0.3, -0.25) is 9.97 Å². The third-order valence-corrected chi connectivity index (χ3v) is 3.37. The monoisotopic (exact) mass is 271 g/mol. The normalized spacial score (nSPS) is 12.2. The Kier molecular flexibility index (Phi) is 4.69. The number of rotatable bonds is 5. The van der Waals surface area contributed by atoms with E-state index >= 15 is 0 Å². The molecule has 1 aromatic heterocycles. The SMILES string of the molecule is CNC(Cc1cc(C)ccc1OC)c1cnc(C)cn1. The van der Waals surface area contributed by atoms with Crippen LogP contribution in [0.3, 0.4) is 0 Å². The van der Waals surface area contributed by atoms with Crippen LogP contribution in [0.25, 0.3) is 0 Å². The number of aromatic nitrogens is 2. The quantitative estimate of drug-likeness (QED) is 0.908. The topological polar surface area (TPSA) is 47.0 Å². The van der Waals surface area contributed by atoms with E-state index in [0.717, 1.165) is 23.6 Å². The Morgan fingerprint density at radius 1 is 1.20 bits per heavy atom. The van der Waals surface area contributed by atoms with Crippen molar-refractivity contribution in [3.8, 4) is 5.75 Å². The summed E-state index contributed by atoms with van der Waals surface area (Å²) in [6, 6.07) is 6.35. The second kappa shape index (κ2) is 6.48. The summed E-state index contributed by atoms with van der Waals surface area (Å²) >= 11 is 0. The van der Waals surface area contributed by atoms with Gasteiger partial charge in [0.25, 0.3) is 0 Å². The predicted molar refractivity (Wildman–Crippen MR) is 80.0 cm³/mol. The molecule has 20 heavy (non-hydrogen) atoms. The van der Waals surface area contributed by atoms with Gasteiger partial charge in [0.05, 0.1) is 30.7 Å². The Bertz CT molecular complexity index is 566. The molecule has 0 saturated heterocycles. The molecule has 1 aromatic carbocycles. The highest BCUT2D eigenvalue weighted by atomic mass is 16.5. The zero-order chi connectivity index (χ0) is 14.5. The number of nitrogens with one attached hydrogen (secondary N) is 1. The van der Waals surface area contributed by atoms with Gasteiger partial charge >= 0.3 is 0 Å². The van der Waals surface area contributed by atoms with Crippen molar-refractivity contribution in [1.82, 2.24) is 15.3 Å². The molecule has 0 radical (unpaired) electrons. The number of likely N-dealkylation sites (N-methyl/N-ethyl adjacent to an activating group) is 1. The Labute approximate surface area is 120 Å². The fourth-order valence-electron chi connectivity index (χ4n) is 2.22. The molecule has 0 spiro atoms. The van der Waals surface area contributed by atoms with Crippen LogP contribution in [0.2, 0.25) is 0 Å². The molecule has 0 aliphatic carbocycles. The maximum Gasteiger partial charge on any atom is 0.122 e. The fourth-order valence-corrected chi connectivity index (χ4v) is 2.22. The summed E-state index contributed by atoms with van der Waals surface area (Å²) in [6.07, 6.45) is 4.45. The smallest absolute Gasteiger partial charge is 0.122 e. The van der Waals surface area contributed by atoms with Crippen LogP contribution in [0.5, 0.6) is 5.75 Å². The minimum absolute atomic E-state index is 0.124. The minimum Gasteiger partial charge on any atom is -0.496 e. The van der Waals surface area contributed by atoms with Gasteiger partial charge in [0.1, 0.15) is 5.75 Å². The second-order valence-corrected chi connectivity index (χ2v) is 4.94. The van der Waals surface area contributed by atoms with Crippen LogP contribution in [0.1, 0.15) is 28.6 Å². The number of methoxy groups -OCH3 is 1. The first kappa shape index (κ1) is 14.5. The zero-order valence-electron chi connectivity index (χ0n) is 12.5. The van der Waals surface area contributed by atoms with Gasteiger partial charge in [0.2, 0.25) is 0 Å². The van der Waals surface area contributed by atoms with Crippen LogP contribution < -0.4 is 10.1 Å². The molecule has 4 heteroatoms. The first-order valence-corrected chi connectivity index (χ1v) is 6.73. The van der Waals surface area contributed by atoms with Crippen molar-refractivity contribution in [2.45, 2.75) is 26.3 Å². The summed E-state index contributed by atoms with van der Waals surface area (Å²) in [7, 11) is 3.64. The lowest BCUT2D eigenvalue weighted by Gasteiger charge is -2.17. The molecule has 106 valence electrons. The Morgan fingerprint density at radius 3 is 2.60 bits per heavy atom. The highest BCUT2D eigenvalue weighted by Crippen LogP contribution is 2.25. The van der Waals surface area contributed by atoms with Crippen LogP contribution in [-0.2, 0) is 6.42 Å². The minimum atomic E-state index is 0.124. The van der Waals surface area contributed by atoms with Gasteiger partial charge < -0.3 is 10.1 Å². The lowest BCUT2D eigenvalue weighted by molar-refractivity contribution is 0.406. The van der Waals surface area contributed by atoms with E-state index in [0.29, 0.717) is 0 Å². The number of nitrogens with zero attached hydrogens (tertiary/aromatic N) is 2. The molecule has 0 amide bonds. The molecular weight excluding hydrogens is 250 g/mol. The third kappa shape index (κ3) is 3.33. The molecule has 2 aromatic rings. The molecule has 4 nitrogen and oxygen atoms in total. The standard InChI is InChI=1S/C16H21N3O/c1-11-5-6-16(20-4)13(7-11)8-14(17-3)15-10-18-12(2)9-19-15/h5-7,9-10,14,17H,8H2,1-4H3. The van der Waals surface area contributed by atoms with E-state index in [2.05, 4.69) is 34.3 Å². The summed E-state index contributed by atoms with van der Waals surface area (Å²) in [5, 5.41) is 3.30. The number of ether oxygens (including phenoxy) is 1. The Morgan fingerprint density at radius 2 is 2.00 bits per heavy atom. The van der Waals surface area contributed by atoms with Crippen LogP contribution in [0, 0.1) is 13.8 Å². The van der Waals surface area contributed by atoms with Crippen molar-refractivity contribution in [1.29, 1.82) is 0 Å². The molecule has 1 heterocycles. The van der Waals surface area contributed by atoms with E-state index in [4.69, 9.17) is 4.74 Å². The molecule has 0 aliphatic heterocycles. The second-order valence-electron chi connectivity index (χ2n) is 4.94. The van der Waals surface area contributed by atoms with Crippen LogP contribution in [-0.4, -0.2) is 24.1 Å². The van der Waals surface area contributed by atoms with Crippen molar-refractivity contribution in [2.75, 3.05) is 14.2 Å². The molecule has 0 aliphatic rings. The largest absolute Gasteiger partial charge is 0.496 e. The van der Waals surface area contributed by atoms with Gasteiger partial charge in [-0.2, -0.15) is 0 Å². The van der Waals surface area contributed by atoms with Crippen LogP contribution in [0.15, 0.2) is 30.6 Å². The number of benzene rings is 1. The van der Waals surface area contributed by atoms with Gasteiger partial charge in [-0.15, -0.1) is 0 Å². The Balaban J connectivity index is 2.26. The summed E-state index contributed by atoms with van der Waals surface area (Å²) in [4.78, 5) is 8.77. The van der Waals surface area contributed by atoms with E-state index < -0.39 is 0 Å². The van der Waals surface area contributed by atoms with Crippen molar-refractivity contribution in [3.63, 3.8) is 0 Å². The molecule has 0 bridgehead atoms. The lowest BCUT2D eigenvalue weighted by Crippen LogP contribution is -2.20. The van der Waals surface area contributed by atoms with E-state index in [9.17, 15) is 0 Å². The molecular formula is C16H21N3O. The highest BCUT2D eigenvalue weighted by Gasteiger charge is 2.14. The number of hydrogen-bond donors (Lipinski definition) is 1. The Hall–Kier alpha value is -1.94. The maximum atomic E-state index is 5.44. The summed E-state index contributed by atoms with van der Waals surface area (Å²) in [6.45, 7) is 4.03. The van der Waals surface area contributed by atoms with Crippen LogP contribution >= 0.6 is 0 Å². The van der Waals surface area contributed by atoms with Gasteiger partial charge in [-0.05, 0) is 38.9 Å². The average molecular weight is 271 g/mol. The van der Waals surface area contributed by atoms with E-state index in [-0.39, 0.29) is 6.04 Å². The van der Waals surface area contributed by atoms with Crippen molar-refractivity contribution < 1.29 is 4.74 Å². The molecule has 1 unspecified atom stereocenters. The maximum absolute atomic E-state index is 5.44. The van der Waals surface area contributed by atoms with Crippen molar-refractivity contribution >= 4 is 0 Å². The summed E-state index contributed by atoms with van der Waals surface area (Å²) in [5.41, 5.74) is 4.28. The number of hydrogen-bond acceptors (Lipinski definition) is 4. The molecule has 2 rings (SSSR count). The van der Waals surface area contributed by atoms with E-state index in [1.165, 1.54) is 11.1 Å². The average Bonchev–Trinajstić information content (AvgIpc) is 2.46. The molecule has 0 saturated carbocycles. The molecule has 1 N–H and O–H groups in total. The summed E-state index contributed by atoms with van der Waals surface area (Å²) in [5.74, 6) is 0.913. The van der Waals surface area contributed by atoms with E-state index in [1.807, 2.05) is 26.2 Å². The lowest BCUT2D eigenvalue weighted by atomic mass is 10.0. The van der Waals surface area contributed by atoms with E-state index in [1.54, 1.807) is 13.3 Å². The van der Waals surface area contributed by atoms with Crippen molar-refractivity contribution in [3.05, 3.63) is 53.1 Å².